The maximum atomic E-state index is 14.3. The molecule has 12 heteroatoms. The van der Waals surface area contributed by atoms with E-state index in [1.807, 2.05) is 0 Å². The summed E-state index contributed by atoms with van der Waals surface area (Å²) in [6.07, 6.45) is 2.55. The third-order valence-electron chi connectivity index (χ3n) is 8.40. The van der Waals surface area contributed by atoms with E-state index in [1.54, 1.807) is 6.92 Å². The Hall–Kier alpha value is -2.33. The van der Waals surface area contributed by atoms with E-state index in [4.69, 9.17) is 23.2 Å². The van der Waals surface area contributed by atoms with Crippen LogP contribution in [0.1, 0.15) is 93.4 Å². The van der Waals surface area contributed by atoms with Crippen LogP contribution in [0.2, 0.25) is 10.0 Å². The number of halogens is 5. The maximum Gasteiger partial charge on any atom is 0.433 e. The number of nitrogens with zero attached hydrogens (tertiary/aromatic N) is 3. The number of carboxylic acid groups (broad SMARTS) is 1. The van der Waals surface area contributed by atoms with Crippen LogP contribution in [0.5, 0.6) is 0 Å². The number of hydrogen-bond donors (Lipinski definition) is 2. The number of amides is 1. The van der Waals surface area contributed by atoms with Crippen LogP contribution in [-0.2, 0) is 17.4 Å². The van der Waals surface area contributed by atoms with Gasteiger partial charge < -0.3 is 10.4 Å². The molecule has 214 valence electrons. The van der Waals surface area contributed by atoms with Crippen molar-refractivity contribution in [1.82, 2.24) is 20.1 Å². The smallest absolute Gasteiger partial charge is 0.433 e. The van der Waals surface area contributed by atoms with Crippen molar-refractivity contribution >= 4 is 35.1 Å². The first kappa shape index (κ1) is 29.6. The van der Waals surface area contributed by atoms with Gasteiger partial charge in [-0.3, -0.25) is 19.3 Å². The van der Waals surface area contributed by atoms with Gasteiger partial charge in [-0.05, 0) is 75.2 Å². The standard InChI is InChI=1S/C27H33Cl2F3N4O3/c1-25(2)10-15(11-25)21(5-4-17-19(28)13-33-14-20(17)29)35-23(37)18-12-34-36(22(18)27(30,31)32)16-6-8-26(3,9-7-16)24(38)39/h12-16,21H,4-11H2,1-3H3,(H,35,37)(H,38,39). The van der Waals surface area contributed by atoms with Gasteiger partial charge in [-0.15, -0.1) is 0 Å². The molecule has 1 unspecified atom stereocenters. The predicted molar refractivity (Wildman–Crippen MR) is 141 cm³/mol. The Bertz CT molecular complexity index is 1210. The van der Waals surface area contributed by atoms with Gasteiger partial charge in [-0.2, -0.15) is 18.3 Å². The van der Waals surface area contributed by atoms with Gasteiger partial charge in [-0.25, -0.2) is 0 Å². The van der Waals surface area contributed by atoms with Crippen molar-refractivity contribution in [1.29, 1.82) is 0 Å². The molecule has 1 atom stereocenters. The molecular formula is C27H33Cl2F3N4O3. The van der Waals surface area contributed by atoms with Crippen LogP contribution in [-0.4, -0.2) is 37.8 Å². The average Bonchev–Trinajstić information content (AvgIpc) is 3.28. The van der Waals surface area contributed by atoms with E-state index in [1.165, 1.54) is 12.4 Å². The molecule has 7 nitrogen and oxygen atoms in total. The highest BCUT2D eigenvalue weighted by atomic mass is 35.5. The molecule has 0 bridgehead atoms. The fourth-order valence-electron chi connectivity index (χ4n) is 6.08. The quantitative estimate of drug-likeness (QED) is 0.347. The predicted octanol–water partition coefficient (Wildman–Crippen LogP) is 6.98. The van der Waals surface area contributed by atoms with Crippen LogP contribution in [0.15, 0.2) is 18.6 Å². The lowest BCUT2D eigenvalue weighted by Crippen LogP contribution is -2.48. The highest BCUT2D eigenvalue weighted by Gasteiger charge is 2.46. The van der Waals surface area contributed by atoms with Gasteiger partial charge in [0.05, 0.1) is 33.3 Å². The molecule has 0 spiro atoms. The molecule has 0 aromatic carbocycles. The first-order valence-corrected chi connectivity index (χ1v) is 13.8. The van der Waals surface area contributed by atoms with Gasteiger partial charge in [0.2, 0.25) is 0 Å². The van der Waals surface area contributed by atoms with Crippen molar-refractivity contribution < 1.29 is 27.9 Å². The van der Waals surface area contributed by atoms with Gasteiger partial charge >= 0.3 is 12.1 Å². The zero-order valence-corrected chi connectivity index (χ0v) is 23.6. The highest BCUT2D eigenvalue weighted by Crippen LogP contribution is 2.48. The van der Waals surface area contributed by atoms with Crippen molar-refractivity contribution in [2.75, 3.05) is 0 Å². The number of nitrogens with one attached hydrogen (secondary N) is 1. The van der Waals surface area contributed by atoms with E-state index in [0.29, 0.717) is 28.5 Å². The number of hydrogen-bond acceptors (Lipinski definition) is 4. The van der Waals surface area contributed by atoms with E-state index < -0.39 is 40.8 Å². The van der Waals surface area contributed by atoms with E-state index in [0.717, 1.165) is 23.7 Å². The summed E-state index contributed by atoms with van der Waals surface area (Å²) >= 11 is 12.5. The van der Waals surface area contributed by atoms with Crippen molar-refractivity contribution in [2.45, 2.75) is 90.4 Å². The first-order chi connectivity index (χ1) is 18.1. The van der Waals surface area contributed by atoms with Crippen molar-refractivity contribution in [2.24, 2.45) is 16.7 Å². The number of carboxylic acids is 1. The Balaban J connectivity index is 1.56. The summed E-state index contributed by atoms with van der Waals surface area (Å²) in [5.41, 5.74) is -1.84. The van der Waals surface area contributed by atoms with Gasteiger partial charge in [0.15, 0.2) is 5.69 Å². The van der Waals surface area contributed by atoms with Crippen LogP contribution in [0.3, 0.4) is 0 Å². The molecule has 2 aliphatic rings. The fourth-order valence-corrected chi connectivity index (χ4v) is 6.63. The van der Waals surface area contributed by atoms with Gasteiger partial charge in [-0.1, -0.05) is 37.0 Å². The second kappa shape index (κ2) is 10.9. The van der Waals surface area contributed by atoms with Crippen LogP contribution in [0.4, 0.5) is 13.2 Å². The van der Waals surface area contributed by atoms with E-state index in [-0.39, 0.29) is 43.1 Å². The van der Waals surface area contributed by atoms with Crippen LogP contribution < -0.4 is 5.32 Å². The molecule has 2 aromatic rings. The molecule has 4 rings (SSSR count). The summed E-state index contributed by atoms with van der Waals surface area (Å²) in [6, 6.07) is -1.03. The minimum atomic E-state index is -4.82. The summed E-state index contributed by atoms with van der Waals surface area (Å²) < 4.78 is 43.8. The van der Waals surface area contributed by atoms with E-state index in [9.17, 15) is 27.9 Å². The van der Waals surface area contributed by atoms with Crippen molar-refractivity contribution in [3.8, 4) is 0 Å². The summed E-state index contributed by atoms with van der Waals surface area (Å²) in [6.45, 7) is 5.83. The molecular weight excluding hydrogens is 556 g/mol. The number of carbonyl (C=O) groups is 2. The third-order valence-corrected chi connectivity index (χ3v) is 9.05. The van der Waals surface area contributed by atoms with Gasteiger partial charge in [0.25, 0.3) is 5.91 Å². The normalized spacial score (nSPS) is 24.2. The number of pyridine rings is 1. The monoisotopic (exact) mass is 588 g/mol. The minimum Gasteiger partial charge on any atom is -0.481 e. The van der Waals surface area contributed by atoms with E-state index >= 15 is 0 Å². The number of alkyl halides is 3. The molecule has 0 aliphatic heterocycles. The number of carbonyl (C=O) groups excluding carboxylic acids is 1. The van der Waals surface area contributed by atoms with Crippen molar-refractivity contribution in [3.05, 3.63) is 45.5 Å². The second-order valence-electron chi connectivity index (χ2n) is 12.0. The summed E-state index contributed by atoms with van der Waals surface area (Å²) in [4.78, 5) is 28.9. The lowest BCUT2D eigenvalue weighted by Gasteiger charge is -2.46. The molecule has 1 amide bonds. The largest absolute Gasteiger partial charge is 0.481 e. The van der Waals surface area contributed by atoms with Gasteiger partial charge in [0, 0.05) is 18.4 Å². The zero-order valence-electron chi connectivity index (χ0n) is 22.1. The fraction of sp³-hybridized carbons (Fsp3) is 0.630. The number of aliphatic carboxylic acids is 1. The summed E-state index contributed by atoms with van der Waals surface area (Å²) in [5.74, 6) is -1.70. The first-order valence-electron chi connectivity index (χ1n) is 13.1. The SMILES string of the molecule is CC1(C)CC(C(CCc2c(Cl)cncc2Cl)NC(=O)c2cnn(C3CCC(C)(C(=O)O)CC3)c2C(F)(F)F)C1. The molecule has 2 N–H and O–H groups in total. The van der Waals surface area contributed by atoms with Crippen LogP contribution >= 0.6 is 23.2 Å². The lowest BCUT2D eigenvalue weighted by atomic mass is 9.61. The molecule has 0 radical (unpaired) electrons. The lowest BCUT2D eigenvalue weighted by molar-refractivity contribution is -0.152. The molecule has 2 saturated carbocycles. The zero-order chi connectivity index (χ0) is 28.8. The number of aromatic nitrogens is 3. The van der Waals surface area contributed by atoms with Crippen LogP contribution in [0, 0.1) is 16.7 Å². The topological polar surface area (TPSA) is 97.1 Å². The van der Waals surface area contributed by atoms with E-state index in [2.05, 4.69) is 29.2 Å². The highest BCUT2D eigenvalue weighted by molar-refractivity contribution is 6.35. The average molecular weight is 589 g/mol. The molecule has 0 saturated heterocycles. The third kappa shape index (κ3) is 6.37. The maximum absolute atomic E-state index is 14.3. The second-order valence-corrected chi connectivity index (χ2v) is 12.8. The Morgan fingerprint density at radius 2 is 1.72 bits per heavy atom. The summed E-state index contributed by atoms with van der Waals surface area (Å²) in [7, 11) is 0. The summed E-state index contributed by atoms with van der Waals surface area (Å²) in [5, 5.41) is 17.1. The Morgan fingerprint density at radius 3 is 2.23 bits per heavy atom. The molecule has 2 aliphatic carbocycles. The Labute approximate surface area is 235 Å². The van der Waals surface area contributed by atoms with Crippen LogP contribution in [0.25, 0.3) is 0 Å². The Kier molecular flexibility index (Phi) is 8.30. The minimum absolute atomic E-state index is 0.0903. The molecule has 2 heterocycles. The Morgan fingerprint density at radius 1 is 1.13 bits per heavy atom. The molecule has 2 aromatic heterocycles. The van der Waals surface area contributed by atoms with Gasteiger partial charge in [0.1, 0.15) is 0 Å². The number of rotatable bonds is 8. The van der Waals surface area contributed by atoms with Crippen molar-refractivity contribution in [3.63, 3.8) is 0 Å². The molecule has 2 fully saturated rings. The molecule has 39 heavy (non-hydrogen) atoms.